The first-order valence-electron chi connectivity index (χ1n) is 9.61. The lowest BCUT2D eigenvalue weighted by Crippen LogP contribution is -2.06. The van der Waals surface area contributed by atoms with Crippen molar-refractivity contribution < 1.29 is 13.2 Å². The topological polar surface area (TPSA) is 118 Å². The number of benzene rings is 2. The van der Waals surface area contributed by atoms with Gasteiger partial charge in [0.15, 0.2) is 11.5 Å². The Labute approximate surface area is 197 Å². The molecule has 2 N–H and O–H groups in total. The third-order valence-electron chi connectivity index (χ3n) is 4.77. The Morgan fingerprint density at radius 1 is 1.03 bits per heavy atom. The molecule has 0 saturated heterocycles. The normalized spacial score (nSPS) is 11.7. The number of anilines is 3. The summed E-state index contributed by atoms with van der Waals surface area (Å²) in [5.74, 6) is 0.306. The Hall–Kier alpha value is -3.54. The number of nitrogens with one attached hydrogen (secondary N) is 2. The maximum Gasteiger partial charge on any atom is 0.229 e. The van der Waals surface area contributed by atoms with E-state index in [0.29, 0.717) is 27.7 Å². The van der Waals surface area contributed by atoms with Gasteiger partial charge in [-0.2, -0.15) is 4.52 Å². The molecule has 3 heterocycles. The minimum Gasteiger partial charge on any atom is -0.339 e. The molecule has 12 heteroatoms. The summed E-state index contributed by atoms with van der Waals surface area (Å²) < 4.78 is 28.7. The molecule has 3 aromatic heterocycles. The van der Waals surface area contributed by atoms with Crippen LogP contribution >= 0.6 is 22.9 Å². The molecule has 0 saturated carbocycles. The largest absolute Gasteiger partial charge is 0.339 e. The Kier molecular flexibility index (Phi) is 5.23. The van der Waals surface area contributed by atoms with Crippen molar-refractivity contribution in [1.82, 2.24) is 19.8 Å². The SMILES string of the molecule is CC(=O)Nc1ccc(Nc2nc3c(S(=O)(=O)c4ccc(Cl)cc4)nnn3c3ccsc23)cc1. The summed E-state index contributed by atoms with van der Waals surface area (Å²) in [4.78, 5) is 15.9. The zero-order valence-electron chi connectivity index (χ0n) is 17.0. The molecular formula is C21H15ClN6O3S2. The van der Waals surface area contributed by atoms with Crippen LogP contribution in [0.25, 0.3) is 15.9 Å². The standard InChI is InChI=1S/C21H15ClN6O3S2/c1-12(29)23-14-4-6-15(7-5-14)24-19-18-17(10-11-32-18)28-20(25-19)21(26-27-28)33(30,31)16-8-2-13(22)3-9-16/h2-11H,1H3,(H,23,29)(H,24,25). The number of halogens is 1. The summed E-state index contributed by atoms with van der Waals surface area (Å²) in [5.41, 5.74) is 2.15. The van der Waals surface area contributed by atoms with E-state index >= 15 is 0 Å². The fraction of sp³-hybridized carbons (Fsp3) is 0.0476. The van der Waals surface area contributed by atoms with Crippen LogP contribution in [0.2, 0.25) is 5.02 Å². The Morgan fingerprint density at radius 3 is 2.42 bits per heavy atom. The monoisotopic (exact) mass is 498 g/mol. The van der Waals surface area contributed by atoms with Crippen molar-refractivity contribution in [3.8, 4) is 0 Å². The lowest BCUT2D eigenvalue weighted by atomic mass is 10.2. The summed E-state index contributed by atoms with van der Waals surface area (Å²) in [6.07, 6.45) is 0. The van der Waals surface area contributed by atoms with E-state index in [9.17, 15) is 13.2 Å². The van der Waals surface area contributed by atoms with E-state index in [4.69, 9.17) is 11.6 Å². The number of hydrogen-bond acceptors (Lipinski definition) is 8. The van der Waals surface area contributed by atoms with Gasteiger partial charge in [-0.3, -0.25) is 4.79 Å². The first kappa shape index (κ1) is 21.3. The minimum atomic E-state index is -3.98. The summed E-state index contributed by atoms with van der Waals surface area (Å²) in [6, 6.07) is 14.8. The fourth-order valence-electron chi connectivity index (χ4n) is 3.28. The van der Waals surface area contributed by atoms with E-state index < -0.39 is 9.84 Å². The zero-order valence-corrected chi connectivity index (χ0v) is 19.4. The molecule has 166 valence electrons. The highest BCUT2D eigenvalue weighted by Crippen LogP contribution is 2.33. The number of sulfone groups is 1. The van der Waals surface area contributed by atoms with E-state index in [1.807, 2.05) is 11.4 Å². The fourth-order valence-corrected chi connectivity index (χ4v) is 5.46. The second-order valence-electron chi connectivity index (χ2n) is 7.07. The summed E-state index contributed by atoms with van der Waals surface area (Å²) in [7, 11) is -3.98. The van der Waals surface area contributed by atoms with Gasteiger partial charge in [-0.25, -0.2) is 13.4 Å². The molecule has 9 nitrogen and oxygen atoms in total. The molecule has 33 heavy (non-hydrogen) atoms. The molecule has 0 bridgehead atoms. The summed E-state index contributed by atoms with van der Waals surface area (Å²) >= 11 is 7.34. The predicted molar refractivity (Wildman–Crippen MR) is 127 cm³/mol. The van der Waals surface area contributed by atoms with Gasteiger partial charge in [0, 0.05) is 23.3 Å². The first-order valence-corrected chi connectivity index (χ1v) is 12.3. The maximum absolute atomic E-state index is 13.2. The lowest BCUT2D eigenvalue weighted by molar-refractivity contribution is -0.114. The molecule has 1 amide bonds. The van der Waals surface area contributed by atoms with E-state index in [-0.39, 0.29) is 21.5 Å². The zero-order chi connectivity index (χ0) is 23.2. The van der Waals surface area contributed by atoms with Gasteiger partial charge < -0.3 is 10.6 Å². The quantitative estimate of drug-likeness (QED) is 0.365. The third-order valence-corrected chi connectivity index (χ3v) is 7.60. The molecule has 0 fully saturated rings. The molecular weight excluding hydrogens is 484 g/mol. The van der Waals surface area contributed by atoms with Gasteiger partial charge in [-0.05, 0) is 60.0 Å². The van der Waals surface area contributed by atoms with Gasteiger partial charge in [0.25, 0.3) is 0 Å². The summed E-state index contributed by atoms with van der Waals surface area (Å²) in [6.45, 7) is 1.44. The number of rotatable bonds is 5. The van der Waals surface area contributed by atoms with Crippen molar-refractivity contribution in [1.29, 1.82) is 0 Å². The second kappa shape index (κ2) is 8.10. The van der Waals surface area contributed by atoms with E-state index in [2.05, 4.69) is 25.9 Å². The van der Waals surface area contributed by atoms with Crippen molar-refractivity contribution in [2.75, 3.05) is 10.6 Å². The van der Waals surface area contributed by atoms with Crippen LogP contribution in [0.3, 0.4) is 0 Å². The maximum atomic E-state index is 13.2. The summed E-state index contributed by atoms with van der Waals surface area (Å²) in [5, 5.41) is 16.0. The van der Waals surface area contributed by atoms with Crippen molar-refractivity contribution >= 4 is 71.7 Å². The van der Waals surface area contributed by atoms with Crippen molar-refractivity contribution in [3.05, 3.63) is 65.0 Å². The highest BCUT2D eigenvalue weighted by Gasteiger charge is 2.27. The molecule has 5 rings (SSSR count). The number of amides is 1. The molecule has 0 aliphatic rings. The first-order chi connectivity index (χ1) is 15.8. The molecule has 2 aromatic carbocycles. The predicted octanol–water partition coefficient (Wildman–Crippen LogP) is 4.53. The second-order valence-corrected chi connectivity index (χ2v) is 10.3. The molecule has 0 radical (unpaired) electrons. The van der Waals surface area contributed by atoms with Crippen LogP contribution in [0.1, 0.15) is 6.92 Å². The van der Waals surface area contributed by atoms with Gasteiger partial charge in [-0.1, -0.05) is 16.8 Å². The Balaban J connectivity index is 1.60. The van der Waals surface area contributed by atoms with Gasteiger partial charge in [-0.15, -0.1) is 16.4 Å². The van der Waals surface area contributed by atoms with Crippen molar-refractivity contribution in [2.45, 2.75) is 16.8 Å². The molecule has 0 aliphatic heterocycles. The van der Waals surface area contributed by atoms with Gasteiger partial charge >= 0.3 is 0 Å². The number of aromatic nitrogens is 4. The number of nitrogens with zero attached hydrogens (tertiary/aromatic N) is 4. The average Bonchev–Trinajstić information content (AvgIpc) is 3.42. The Bertz CT molecular complexity index is 1610. The van der Waals surface area contributed by atoms with Crippen LogP contribution in [0, 0.1) is 0 Å². The van der Waals surface area contributed by atoms with Gasteiger partial charge in [0.2, 0.25) is 20.8 Å². The third kappa shape index (κ3) is 3.90. The smallest absolute Gasteiger partial charge is 0.229 e. The van der Waals surface area contributed by atoms with Crippen LogP contribution < -0.4 is 10.6 Å². The number of fused-ring (bicyclic) bond motifs is 3. The number of hydrogen-bond donors (Lipinski definition) is 2. The van der Waals surface area contributed by atoms with Crippen LogP contribution in [-0.2, 0) is 14.6 Å². The number of thiophene rings is 1. The molecule has 0 spiro atoms. The highest BCUT2D eigenvalue weighted by molar-refractivity contribution is 7.91. The van der Waals surface area contributed by atoms with Gasteiger partial charge in [0.1, 0.15) is 0 Å². The molecule has 0 aliphatic carbocycles. The van der Waals surface area contributed by atoms with Crippen LogP contribution in [0.5, 0.6) is 0 Å². The van der Waals surface area contributed by atoms with Gasteiger partial charge in [0.05, 0.1) is 15.1 Å². The lowest BCUT2D eigenvalue weighted by Gasteiger charge is -2.09. The van der Waals surface area contributed by atoms with Crippen LogP contribution in [0.15, 0.2) is 69.9 Å². The van der Waals surface area contributed by atoms with Crippen LogP contribution in [-0.4, -0.2) is 34.1 Å². The molecule has 0 unspecified atom stereocenters. The highest BCUT2D eigenvalue weighted by atomic mass is 35.5. The molecule has 0 atom stereocenters. The Morgan fingerprint density at radius 2 is 1.73 bits per heavy atom. The number of carbonyl (C=O) groups is 1. The number of carbonyl (C=O) groups excluding carboxylic acids is 1. The van der Waals surface area contributed by atoms with E-state index in [1.54, 1.807) is 24.3 Å². The van der Waals surface area contributed by atoms with Crippen molar-refractivity contribution in [3.63, 3.8) is 0 Å². The van der Waals surface area contributed by atoms with Crippen molar-refractivity contribution in [2.24, 2.45) is 0 Å². The average molecular weight is 499 g/mol. The minimum absolute atomic E-state index is 0.0459. The van der Waals surface area contributed by atoms with Crippen LogP contribution in [0.4, 0.5) is 17.2 Å². The molecule has 5 aromatic rings. The van der Waals surface area contributed by atoms with E-state index in [0.717, 1.165) is 4.70 Å². The van der Waals surface area contributed by atoms with E-state index in [1.165, 1.54) is 47.0 Å².